The zero-order valence-corrected chi connectivity index (χ0v) is 8.88. The van der Waals surface area contributed by atoms with Gasteiger partial charge in [-0.15, -0.1) is 0 Å². The highest BCUT2D eigenvalue weighted by Gasteiger charge is 2.33. The molecular weight excluding hydrogens is 217 g/mol. The molecule has 2 nitrogen and oxygen atoms in total. The van der Waals surface area contributed by atoms with E-state index in [-0.39, 0.29) is 6.04 Å². The zero-order valence-electron chi connectivity index (χ0n) is 8.88. The van der Waals surface area contributed by atoms with E-state index >= 15 is 0 Å². The number of alkyl halides is 3. The Morgan fingerprint density at radius 3 is 2.69 bits per heavy atom. The number of hydrogen-bond donors (Lipinski definition) is 1. The Morgan fingerprint density at radius 2 is 2.12 bits per heavy atom. The summed E-state index contributed by atoms with van der Waals surface area (Å²) in [7, 11) is 1.86. The molecule has 1 aliphatic rings. The van der Waals surface area contributed by atoms with Gasteiger partial charge in [0.15, 0.2) is 0 Å². The molecule has 0 bridgehead atoms. The third kappa shape index (κ3) is 1.75. The molecule has 5 heteroatoms. The minimum atomic E-state index is -4.27. The summed E-state index contributed by atoms with van der Waals surface area (Å²) in [5, 5.41) is 0. The van der Waals surface area contributed by atoms with Crippen LogP contribution < -0.4 is 10.6 Å². The Kier molecular flexibility index (Phi) is 2.58. The van der Waals surface area contributed by atoms with Gasteiger partial charge in [0.1, 0.15) is 0 Å². The van der Waals surface area contributed by atoms with Crippen molar-refractivity contribution in [2.45, 2.75) is 18.6 Å². The van der Waals surface area contributed by atoms with Gasteiger partial charge in [0.25, 0.3) is 0 Å². The Morgan fingerprint density at radius 1 is 1.44 bits per heavy atom. The first kappa shape index (κ1) is 11.3. The number of hydrogen-bond acceptors (Lipinski definition) is 2. The van der Waals surface area contributed by atoms with Crippen LogP contribution >= 0.6 is 0 Å². The fourth-order valence-electron chi connectivity index (χ4n) is 2.10. The zero-order chi connectivity index (χ0) is 11.9. The smallest absolute Gasteiger partial charge is 0.370 e. The lowest BCUT2D eigenvalue weighted by Crippen LogP contribution is -2.34. The van der Waals surface area contributed by atoms with Gasteiger partial charge in [0, 0.05) is 25.3 Å². The van der Waals surface area contributed by atoms with Crippen LogP contribution in [-0.2, 0) is 12.6 Å². The maximum atomic E-state index is 12.5. The minimum absolute atomic E-state index is 0.110. The second-order valence-corrected chi connectivity index (χ2v) is 4.05. The fourth-order valence-corrected chi connectivity index (χ4v) is 2.10. The van der Waals surface area contributed by atoms with Crippen LogP contribution in [0.4, 0.5) is 18.9 Å². The Balaban J connectivity index is 2.37. The van der Waals surface area contributed by atoms with Crippen LogP contribution in [0.25, 0.3) is 0 Å². The van der Waals surface area contributed by atoms with Gasteiger partial charge < -0.3 is 10.6 Å². The Bertz CT molecular complexity index is 401. The first-order valence-electron chi connectivity index (χ1n) is 5.06. The van der Waals surface area contributed by atoms with E-state index in [1.54, 1.807) is 0 Å². The van der Waals surface area contributed by atoms with Crippen LogP contribution in [-0.4, -0.2) is 19.6 Å². The van der Waals surface area contributed by atoms with E-state index in [9.17, 15) is 13.2 Å². The standard InChI is InChI=1S/C11H13F3N2/c1-16-9(6-15)5-7-4-8(11(12,13)14)2-3-10(7)16/h2-4,9H,5-6,15H2,1H3. The molecule has 0 aromatic heterocycles. The van der Waals surface area contributed by atoms with Crippen molar-refractivity contribution in [3.8, 4) is 0 Å². The van der Waals surface area contributed by atoms with Crippen LogP contribution in [0.3, 0.4) is 0 Å². The lowest BCUT2D eigenvalue weighted by Gasteiger charge is -2.20. The van der Waals surface area contributed by atoms with Gasteiger partial charge in [-0.3, -0.25) is 0 Å². The predicted molar refractivity (Wildman–Crippen MR) is 56.4 cm³/mol. The Hall–Kier alpha value is -1.23. The summed E-state index contributed by atoms with van der Waals surface area (Å²) < 4.78 is 37.5. The molecule has 0 aliphatic carbocycles. The summed E-state index contributed by atoms with van der Waals surface area (Å²) in [4.78, 5) is 1.94. The molecule has 0 fully saturated rings. The van der Waals surface area contributed by atoms with Gasteiger partial charge >= 0.3 is 6.18 Å². The van der Waals surface area contributed by atoms with Crippen LogP contribution in [0.1, 0.15) is 11.1 Å². The molecule has 0 radical (unpaired) electrons. The van der Waals surface area contributed by atoms with Gasteiger partial charge in [-0.25, -0.2) is 0 Å². The van der Waals surface area contributed by atoms with Crippen molar-refractivity contribution in [1.82, 2.24) is 0 Å². The molecule has 16 heavy (non-hydrogen) atoms. The monoisotopic (exact) mass is 230 g/mol. The molecule has 1 aromatic carbocycles. The third-order valence-electron chi connectivity index (χ3n) is 3.06. The SMILES string of the molecule is CN1c2ccc(C(F)(F)F)cc2CC1CN. The number of benzene rings is 1. The predicted octanol–water partition coefficient (Wildman–Crippen LogP) is 2.02. The lowest BCUT2D eigenvalue weighted by molar-refractivity contribution is -0.137. The summed E-state index contributed by atoms with van der Waals surface area (Å²) in [6.45, 7) is 0.451. The van der Waals surface area contributed by atoms with E-state index in [4.69, 9.17) is 5.73 Å². The van der Waals surface area contributed by atoms with Crippen molar-refractivity contribution < 1.29 is 13.2 Å². The van der Waals surface area contributed by atoms with Crippen molar-refractivity contribution in [3.05, 3.63) is 29.3 Å². The quantitative estimate of drug-likeness (QED) is 0.799. The lowest BCUT2D eigenvalue weighted by atomic mass is 10.1. The van der Waals surface area contributed by atoms with E-state index < -0.39 is 11.7 Å². The van der Waals surface area contributed by atoms with Gasteiger partial charge in [0.05, 0.1) is 5.56 Å². The third-order valence-corrected chi connectivity index (χ3v) is 3.06. The molecule has 0 spiro atoms. The summed E-state index contributed by atoms with van der Waals surface area (Å²) in [6.07, 6.45) is -3.68. The number of nitrogens with two attached hydrogens (primary N) is 1. The molecule has 0 saturated carbocycles. The molecule has 2 N–H and O–H groups in total. The number of nitrogens with zero attached hydrogens (tertiary/aromatic N) is 1. The summed E-state index contributed by atoms with van der Waals surface area (Å²) in [6, 6.07) is 3.97. The summed E-state index contributed by atoms with van der Waals surface area (Å²) in [5.74, 6) is 0. The van der Waals surface area contributed by atoms with Gasteiger partial charge in [-0.1, -0.05) is 0 Å². The number of anilines is 1. The Labute approximate surface area is 91.8 Å². The van der Waals surface area contributed by atoms with E-state index in [1.165, 1.54) is 12.1 Å². The normalized spacial score (nSPS) is 20.1. The van der Waals surface area contributed by atoms with E-state index in [0.717, 1.165) is 17.3 Å². The van der Waals surface area contributed by atoms with Crippen LogP contribution in [0, 0.1) is 0 Å². The molecule has 1 aromatic rings. The number of halogens is 3. The topological polar surface area (TPSA) is 29.3 Å². The molecule has 1 heterocycles. The number of rotatable bonds is 1. The van der Waals surface area contributed by atoms with E-state index in [0.29, 0.717) is 13.0 Å². The summed E-state index contributed by atoms with van der Waals surface area (Å²) in [5.41, 5.74) is 6.56. The maximum absolute atomic E-state index is 12.5. The van der Waals surface area contributed by atoms with Crippen molar-refractivity contribution >= 4 is 5.69 Å². The largest absolute Gasteiger partial charge is 0.416 e. The van der Waals surface area contributed by atoms with Crippen LogP contribution in [0.2, 0.25) is 0 Å². The maximum Gasteiger partial charge on any atom is 0.416 e. The van der Waals surface area contributed by atoms with Crippen molar-refractivity contribution in [2.24, 2.45) is 5.73 Å². The summed E-state index contributed by atoms with van der Waals surface area (Å²) >= 11 is 0. The second-order valence-electron chi connectivity index (χ2n) is 4.05. The highest BCUT2D eigenvalue weighted by atomic mass is 19.4. The molecule has 88 valence electrons. The highest BCUT2D eigenvalue weighted by Crippen LogP contribution is 2.36. The van der Waals surface area contributed by atoms with Crippen LogP contribution in [0.5, 0.6) is 0 Å². The highest BCUT2D eigenvalue weighted by molar-refractivity contribution is 5.60. The molecule has 1 aliphatic heterocycles. The average Bonchev–Trinajstić information content (AvgIpc) is 2.54. The fraction of sp³-hybridized carbons (Fsp3) is 0.455. The van der Waals surface area contributed by atoms with Crippen molar-refractivity contribution in [3.63, 3.8) is 0 Å². The van der Waals surface area contributed by atoms with Crippen molar-refractivity contribution in [1.29, 1.82) is 0 Å². The van der Waals surface area contributed by atoms with Crippen molar-refractivity contribution in [2.75, 3.05) is 18.5 Å². The molecular formula is C11H13F3N2. The minimum Gasteiger partial charge on any atom is -0.370 e. The first-order valence-corrected chi connectivity index (χ1v) is 5.06. The molecule has 2 rings (SSSR count). The van der Waals surface area contributed by atoms with E-state index in [1.807, 2.05) is 11.9 Å². The molecule has 0 saturated heterocycles. The number of fused-ring (bicyclic) bond motifs is 1. The van der Waals surface area contributed by atoms with Gasteiger partial charge in [0.2, 0.25) is 0 Å². The second kappa shape index (κ2) is 3.66. The number of likely N-dealkylation sites (N-methyl/N-ethyl adjacent to an activating group) is 1. The first-order chi connectivity index (χ1) is 7.43. The van der Waals surface area contributed by atoms with Crippen LogP contribution in [0.15, 0.2) is 18.2 Å². The molecule has 1 unspecified atom stereocenters. The molecule has 0 amide bonds. The molecule has 1 atom stereocenters. The average molecular weight is 230 g/mol. The van der Waals surface area contributed by atoms with Gasteiger partial charge in [-0.05, 0) is 30.2 Å². The van der Waals surface area contributed by atoms with E-state index in [2.05, 4.69) is 0 Å². The van der Waals surface area contributed by atoms with Gasteiger partial charge in [-0.2, -0.15) is 13.2 Å².